The number of rotatable bonds is 9. The molecule has 0 aliphatic carbocycles. The minimum atomic E-state index is 0.0743. The summed E-state index contributed by atoms with van der Waals surface area (Å²) in [7, 11) is 1.67. The summed E-state index contributed by atoms with van der Waals surface area (Å²) in [5.74, 6) is 1.62. The van der Waals surface area contributed by atoms with E-state index in [0.717, 1.165) is 46.6 Å². The second-order valence-electron chi connectivity index (χ2n) is 6.79. The largest absolute Gasteiger partial charge is 0.490 e. The molecule has 2 N–H and O–H groups in total. The highest BCUT2D eigenvalue weighted by atomic mass is 16.5. The topological polar surface area (TPSA) is 76.2 Å². The van der Waals surface area contributed by atoms with Crippen molar-refractivity contribution in [3.63, 3.8) is 0 Å². The van der Waals surface area contributed by atoms with Gasteiger partial charge in [-0.15, -0.1) is 0 Å². The van der Waals surface area contributed by atoms with Crippen LogP contribution in [0, 0.1) is 13.8 Å². The van der Waals surface area contributed by atoms with E-state index in [4.69, 9.17) is 9.47 Å². The average Bonchev–Trinajstić information content (AvgIpc) is 3.01. The maximum absolute atomic E-state index is 11.5. The van der Waals surface area contributed by atoms with E-state index in [1.165, 1.54) is 5.56 Å². The lowest BCUT2D eigenvalue weighted by atomic mass is 10.0. The summed E-state index contributed by atoms with van der Waals surface area (Å²) >= 11 is 0. The first-order chi connectivity index (χ1) is 13.6. The van der Waals surface area contributed by atoms with Crippen molar-refractivity contribution in [3.8, 4) is 11.5 Å². The summed E-state index contributed by atoms with van der Waals surface area (Å²) in [6.45, 7) is 4.92. The molecule has 28 heavy (non-hydrogen) atoms. The Balaban J connectivity index is 1.58. The van der Waals surface area contributed by atoms with Crippen LogP contribution in [-0.2, 0) is 11.2 Å². The number of hydrogen-bond acceptors (Lipinski definition) is 4. The maximum Gasteiger partial charge on any atom is 0.219 e. The smallest absolute Gasteiger partial charge is 0.219 e. The molecule has 3 aromatic rings. The van der Waals surface area contributed by atoms with E-state index in [2.05, 4.69) is 28.3 Å². The molecule has 0 atom stereocenters. The number of nitrogens with one attached hydrogen (secondary N) is 2. The Morgan fingerprint density at radius 1 is 1.11 bits per heavy atom. The van der Waals surface area contributed by atoms with E-state index in [9.17, 15) is 4.79 Å². The van der Waals surface area contributed by atoms with Crippen LogP contribution in [0.2, 0.25) is 0 Å². The zero-order chi connectivity index (χ0) is 19.9. The van der Waals surface area contributed by atoms with Crippen molar-refractivity contribution in [3.05, 3.63) is 53.5 Å². The number of aromatic amines is 1. The highest BCUT2D eigenvalue weighted by Gasteiger charge is 2.10. The molecule has 0 saturated carbocycles. The van der Waals surface area contributed by atoms with Crippen molar-refractivity contribution in [1.29, 1.82) is 0 Å². The number of carbonyl (C=O) groups is 1. The summed E-state index contributed by atoms with van der Waals surface area (Å²) in [5.41, 5.74) is 4.43. The Labute approximate surface area is 165 Å². The average molecular weight is 381 g/mol. The highest BCUT2D eigenvalue weighted by Crippen LogP contribution is 2.27. The van der Waals surface area contributed by atoms with Gasteiger partial charge < -0.3 is 19.8 Å². The van der Waals surface area contributed by atoms with E-state index >= 15 is 0 Å². The molecular weight excluding hydrogens is 354 g/mol. The Bertz CT molecular complexity index is 932. The highest BCUT2D eigenvalue weighted by molar-refractivity contribution is 5.86. The third-order valence-corrected chi connectivity index (χ3v) is 4.71. The van der Waals surface area contributed by atoms with Gasteiger partial charge in [0.15, 0.2) is 0 Å². The van der Waals surface area contributed by atoms with Crippen molar-refractivity contribution in [2.45, 2.75) is 33.1 Å². The molecule has 0 unspecified atom stereocenters. The molecule has 0 aliphatic rings. The first-order valence-electron chi connectivity index (χ1n) is 9.57. The van der Waals surface area contributed by atoms with Gasteiger partial charge in [-0.25, -0.2) is 0 Å². The number of aryl methyl sites for hydroxylation is 3. The first-order valence-corrected chi connectivity index (χ1v) is 9.57. The zero-order valence-corrected chi connectivity index (χ0v) is 16.7. The molecule has 0 bridgehead atoms. The minimum Gasteiger partial charge on any atom is -0.490 e. The number of fused-ring (bicyclic) bond motifs is 1. The van der Waals surface area contributed by atoms with Crippen molar-refractivity contribution in [1.82, 2.24) is 15.3 Å². The molecule has 2 aromatic heterocycles. The fraction of sp³-hybridized carbons (Fsp3) is 0.364. The number of hydrogen-bond donors (Lipinski definition) is 2. The van der Waals surface area contributed by atoms with Crippen LogP contribution in [0.4, 0.5) is 0 Å². The Kier molecular flexibility index (Phi) is 6.53. The molecule has 0 aliphatic heterocycles. The van der Waals surface area contributed by atoms with Crippen LogP contribution in [0.3, 0.4) is 0 Å². The van der Waals surface area contributed by atoms with Crippen LogP contribution in [0.15, 0.2) is 36.5 Å². The number of pyridine rings is 1. The van der Waals surface area contributed by atoms with Crippen LogP contribution >= 0.6 is 0 Å². The Morgan fingerprint density at radius 3 is 2.57 bits per heavy atom. The normalized spacial score (nSPS) is 10.8. The van der Waals surface area contributed by atoms with Gasteiger partial charge in [-0.1, -0.05) is 0 Å². The van der Waals surface area contributed by atoms with Gasteiger partial charge in [-0.05, 0) is 62.6 Å². The maximum atomic E-state index is 11.5. The number of amides is 1. The molecular formula is C22H27N3O3. The van der Waals surface area contributed by atoms with Gasteiger partial charge in [-0.2, -0.15) is 0 Å². The molecule has 1 aromatic carbocycles. The van der Waals surface area contributed by atoms with E-state index in [1.54, 1.807) is 13.2 Å². The van der Waals surface area contributed by atoms with Crippen LogP contribution in [0.1, 0.15) is 29.8 Å². The number of ether oxygens (including phenoxy) is 2. The Hall–Kier alpha value is -3.02. The number of carbonyl (C=O) groups excluding carboxylic acids is 1. The van der Waals surface area contributed by atoms with Crippen molar-refractivity contribution in [2.24, 2.45) is 0 Å². The summed E-state index contributed by atoms with van der Waals surface area (Å²) in [6, 6.07) is 9.87. The van der Waals surface area contributed by atoms with Gasteiger partial charge in [-0.3, -0.25) is 9.78 Å². The SMILES string of the molecule is CNC(=O)CCCc1c(C)[nH]c2ccc(OCCOc3ccc(C)nc3)cc12. The lowest BCUT2D eigenvalue weighted by Gasteiger charge is -2.09. The van der Waals surface area contributed by atoms with E-state index in [0.29, 0.717) is 19.6 Å². The standard InChI is InChI=1S/C22H27N3O3/c1-15-7-8-18(14-24-15)28-12-11-27-17-9-10-21-20(13-17)19(16(2)25-21)5-4-6-22(26)23-3/h7-10,13-14,25H,4-6,11-12H2,1-3H3,(H,23,26). The quantitative estimate of drug-likeness (QED) is 0.554. The summed E-state index contributed by atoms with van der Waals surface area (Å²) < 4.78 is 11.5. The van der Waals surface area contributed by atoms with Crippen LogP contribution in [0.25, 0.3) is 10.9 Å². The van der Waals surface area contributed by atoms with Gasteiger partial charge in [0.2, 0.25) is 5.91 Å². The Morgan fingerprint density at radius 2 is 1.86 bits per heavy atom. The van der Waals surface area contributed by atoms with Gasteiger partial charge in [0.05, 0.1) is 6.20 Å². The molecule has 0 fully saturated rings. The molecule has 6 heteroatoms. The van der Waals surface area contributed by atoms with Gasteiger partial charge >= 0.3 is 0 Å². The minimum absolute atomic E-state index is 0.0743. The monoisotopic (exact) mass is 381 g/mol. The third-order valence-electron chi connectivity index (χ3n) is 4.71. The van der Waals surface area contributed by atoms with Crippen LogP contribution in [0.5, 0.6) is 11.5 Å². The molecule has 2 heterocycles. The molecule has 1 amide bonds. The fourth-order valence-corrected chi connectivity index (χ4v) is 3.18. The predicted octanol–water partition coefficient (Wildman–Crippen LogP) is 3.71. The lowest BCUT2D eigenvalue weighted by Crippen LogP contribution is -2.17. The summed E-state index contributed by atoms with van der Waals surface area (Å²) in [4.78, 5) is 19.1. The second kappa shape index (κ2) is 9.26. The number of H-pyrrole nitrogens is 1. The molecule has 0 radical (unpaired) electrons. The molecule has 0 saturated heterocycles. The number of benzene rings is 1. The summed E-state index contributed by atoms with van der Waals surface area (Å²) in [5, 5.41) is 3.82. The van der Waals surface area contributed by atoms with Gasteiger partial charge in [0.1, 0.15) is 24.7 Å². The van der Waals surface area contributed by atoms with Crippen molar-refractivity contribution < 1.29 is 14.3 Å². The zero-order valence-electron chi connectivity index (χ0n) is 16.7. The van der Waals surface area contributed by atoms with Gasteiger partial charge in [0.25, 0.3) is 0 Å². The van der Waals surface area contributed by atoms with E-state index < -0.39 is 0 Å². The van der Waals surface area contributed by atoms with Crippen molar-refractivity contribution in [2.75, 3.05) is 20.3 Å². The number of aromatic nitrogens is 2. The van der Waals surface area contributed by atoms with Crippen LogP contribution < -0.4 is 14.8 Å². The fourth-order valence-electron chi connectivity index (χ4n) is 3.18. The van der Waals surface area contributed by atoms with Crippen molar-refractivity contribution >= 4 is 16.8 Å². The van der Waals surface area contributed by atoms with E-state index in [-0.39, 0.29) is 5.91 Å². The summed E-state index contributed by atoms with van der Waals surface area (Å²) in [6.07, 6.45) is 3.92. The third kappa shape index (κ3) is 5.03. The van der Waals surface area contributed by atoms with Gasteiger partial charge in [0, 0.05) is 35.8 Å². The first kappa shape index (κ1) is 19.7. The molecule has 3 rings (SSSR count). The predicted molar refractivity (Wildman–Crippen MR) is 110 cm³/mol. The second-order valence-corrected chi connectivity index (χ2v) is 6.79. The van der Waals surface area contributed by atoms with Crippen LogP contribution in [-0.4, -0.2) is 36.1 Å². The van der Waals surface area contributed by atoms with E-state index in [1.807, 2.05) is 31.2 Å². The number of nitrogens with zero attached hydrogens (tertiary/aromatic N) is 1. The molecule has 6 nitrogen and oxygen atoms in total. The molecule has 0 spiro atoms. The lowest BCUT2D eigenvalue weighted by molar-refractivity contribution is -0.120. The molecule has 148 valence electrons.